The third-order valence-corrected chi connectivity index (χ3v) is 3.07. The van der Waals surface area contributed by atoms with Gasteiger partial charge in [-0.05, 0) is 12.8 Å². The summed E-state index contributed by atoms with van der Waals surface area (Å²) in [6.07, 6.45) is 1.92. The zero-order valence-corrected chi connectivity index (χ0v) is 12.1. The fourth-order valence-electron chi connectivity index (χ4n) is 2.01. The molecule has 1 rings (SSSR count). The topological polar surface area (TPSA) is 67.7 Å². The molecule has 0 aliphatic heterocycles. The number of methoxy groups -OCH3 is 2. The second-order valence-corrected chi connectivity index (χ2v) is 4.14. The van der Waals surface area contributed by atoms with Gasteiger partial charge in [0.2, 0.25) is 17.7 Å². The molecule has 1 aromatic rings. The Labute approximate surface area is 114 Å². The summed E-state index contributed by atoms with van der Waals surface area (Å²) in [6.45, 7) is 4.76. The van der Waals surface area contributed by atoms with Gasteiger partial charge in [-0.3, -0.25) is 0 Å². The average molecular weight is 269 g/mol. The van der Waals surface area contributed by atoms with E-state index in [0.717, 1.165) is 12.8 Å². The number of hydrogen-bond donors (Lipinski definition) is 1. The number of hydrogen-bond acceptors (Lipinski definition) is 6. The van der Waals surface area contributed by atoms with Gasteiger partial charge in [0.25, 0.3) is 0 Å². The van der Waals surface area contributed by atoms with Crippen LogP contribution < -0.4 is 14.4 Å². The van der Waals surface area contributed by atoms with Gasteiger partial charge in [-0.2, -0.15) is 9.97 Å². The van der Waals surface area contributed by atoms with E-state index in [9.17, 15) is 5.11 Å². The minimum absolute atomic E-state index is 0.0549. The van der Waals surface area contributed by atoms with Crippen LogP contribution in [0.5, 0.6) is 11.8 Å². The summed E-state index contributed by atoms with van der Waals surface area (Å²) in [4.78, 5) is 10.7. The number of nitrogens with zero attached hydrogens (tertiary/aromatic N) is 3. The highest BCUT2D eigenvalue weighted by atomic mass is 16.5. The third-order valence-electron chi connectivity index (χ3n) is 3.07. The molecule has 0 fully saturated rings. The minimum atomic E-state index is 0.0549. The van der Waals surface area contributed by atoms with Crippen molar-refractivity contribution < 1.29 is 14.6 Å². The fraction of sp³-hybridized carbons (Fsp3) is 0.692. The molecule has 108 valence electrons. The van der Waals surface area contributed by atoms with Gasteiger partial charge in [-0.25, -0.2) is 0 Å². The maximum atomic E-state index is 9.23. The van der Waals surface area contributed by atoms with Crippen LogP contribution in [0.15, 0.2) is 6.07 Å². The van der Waals surface area contributed by atoms with Crippen LogP contribution in [-0.4, -0.2) is 48.5 Å². The van der Waals surface area contributed by atoms with Crippen molar-refractivity contribution in [2.24, 2.45) is 0 Å². The highest BCUT2D eigenvalue weighted by Crippen LogP contribution is 2.23. The first-order chi connectivity index (χ1) is 9.19. The van der Waals surface area contributed by atoms with Crippen LogP contribution in [0, 0.1) is 0 Å². The van der Waals surface area contributed by atoms with E-state index in [1.807, 2.05) is 4.90 Å². The Hall–Kier alpha value is -1.56. The molecule has 0 atom stereocenters. The molecule has 0 saturated carbocycles. The quantitative estimate of drug-likeness (QED) is 0.771. The molecule has 1 N–H and O–H groups in total. The van der Waals surface area contributed by atoms with Crippen LogP contribution in [0.25, 0.3) is 0 Å². The summed E-state index contributed by atoms with van der Waals surface area (Å²) >= 11 is 0. The highest BCUT2D eigenvalue weighted by Gasteiger charge is 2.19. The van der Waals surface area contributed by atoms with Crippen LogP contribution in [0.4, 0.5) is 5.95 Å². The Morgan fingerprint density at radius 2 is 1.68 bits per heavy atom. The van der Waals surface area contributed by atoms with Crippen molar-refractivity contribution in [3.8, 4) is 11.8 Å². The van der Waals surface area contributed by atoms with Gasteiger partial charge >= 0.3 is 0 Å². The van der Waals surface area contributed by atoms with Crippen molar-refractivity contribution in [2.45, 2.75) is 32.7 Å². The zero-order chi connectivity index (χ0) is 14.3. The molecule has 0 aromatic carbocycles. The normalized spacial score (nSPS) is 10.6. The fourth-order valence-corrected chi connectivity index (χ4v) is 2.01. The molecule has 1 aromatic heterocycles. The summed E-state index contributed by atoms with van der Waals surface area (Å²) in [6, 6.07) is 1.91. The molecule has 0 saturated heterocycles. The van der Waals surface area contributed by atoms with Gasteiger partial charge in [0.1, 0.15) is 0 Å². The summed E-state index contributed by atoms with van der Waals surface area (Å²) in [5, 5.41) is 9.23. The largest absolute Gasteiger partial charge is 0.481 e. The highest BCUT2D eigenvalue weighted by molar-refractivity contribution is 5.37. The van der Waals surface area contributed by atoms with E-state index in [2.05, 4.69) is 23.8 Å². The molecule has 0 aliphatic carbocycles. The summed E-state index contributed by atoms with van der Waals surface area (Å²) in [5.41, 5.74) is 0. The first kappa shape index (κ1) is 15.5. The van der Waals surface area contributed by atoms with E-state index in [0.29, 0.717) is 24.3 Å². The lowest BCUT2D eigenvalue weighted by atomic mass is 10.1. The van der Waals surface area contributed by atoms with Crippen LogP contribution in [-0.2, 0) is 0 Å². The van der Waals surface area contributed by atoms with Crippen molar-refractivity contribution >= 4 is 5.95 Å². The SMILES string of the molecule is CCC(CC)N(CCO)c1nc(OC)cc(OC)n1. The van der Waals surface area contributed by atoms with E-state index in [-0.39, 0.29) is 12.6 Å². The number of aliphatic hydroxyl groups is 1. The molecule has 0 amide bonds. The van der Waals surface area contributed by atoms with E-state index in [4.69, 9.17) is 9.47 Å². The van der Waals surface area contributed by atoms with Crippen LogP contribution in [0.2, 0.25) is 0 Å². The first-order valence-electron chi connectivity index (χ1n) is 6.54. The lowest BCUT2D eigenvalue weighted by Crippen LogP contribution is -2.38. The maximum Gasteiger partial charge on any atom is 0.232 e. The summed E-state index contributed by atoms with van der Waals surface area (Å²) in [7, 11) is 3.11. The van der Waals surface area contributed by atoms with Gasteiger partial charge in [0, 0.05) is 12.6 Å². The number of anilines is 1. The summed E-state index contributed by atoms with van der Waals surface area (Å²) in [5.74, 6) is 1.44. The smallest absolute Gasteiger partial charge is 0.232 e. The third kappa shape index (κ3) is 3.96. The van der Waals surface area contributed by atoms with Crippen molar-refractivity contribution in [2.75, 3.05) is 32.3 Å². The second-order valence-electron chi connectivity index (χ2n) is 4.14. The Bertz CT molecular complexity index is 361. The Morgan fingerprint density at radius 1 is 1.16 bits per heavy atom. The summed E-state index contributed by atoms with van der Waals surface area (Å²) < 4.78 is 10.3. The van der Waals surface area contributed by atoms with Crippen LogP contribution >= 0.6 is 0 Å². The van der Waals surface area contributed by atoms with E-state index < -0.39 is 0 Å². The van der Waals surface area contributed by atoms with Crippen molar-refractivity contribution in [3.05, 3.63) is 6.07 Å². The van der Waals surface area contributed by atoms with Gasteiger partial charge < -0.3 is 19.5 Å². The second kappa shape index (κ2) is 7.78. The van der Waals surface area contributed by atoms with Crippen molar-refractivity contribution in [1.29, 1.82) is 0 Å². The van der Waals surface area contributed by atoms with Gasteiger partial charge in [0.15, 0.2) is 0 Å². The lowest BCUT2D eigenvalue weighted by Gasteiger charge is -2.30. The Morgan fingerprint density at radius 3 is 2.05 bits per heavy atom. The molecule has 0 bridgehead atoms. The zero-order valence-electron chi connectivity index (χ0n) is 12.1. The maximum absolute atomic E-state index is 9.23. The molecule has 6 nitrogen and oxygen atoms in total. The lowest BCUT2D eigenvalue weighted by molar-refractivity contribution is 0.294. The van der Waals surface area contributed by atoms with E-state index in [1.54, 1.807) is 20.3 Å². The van der Waals surface area contributed by atoms with Crippen molar-refractivity contribution in [1.82, 2.24) is 9.97 Å². The predicted octanol–water partition coefficient (Wildman–Crippen LogP) is 1.48. The molecule has 0 spiro atoms. The molecular formula is C13H23N3O3. The monoisotopic (exact) mass is 269 g/mol. The van der Waals surface area contributed by atoms with Gasteiger partial charge in [0.05, 0.1) is 26.9 Å². The molecule has 0 radical (unpaired) electrons. The van der Waals surface area contributed by atoms with Gasteiger partial charge in [-0.1, -0.05) is 13.8 Å². The van der Waals surface area contributed by atoms with Crippen LogP contribution in [0.1, 0.15) is 26.7 Å². The van der Waals surface area contributed by atoms with Crippen LogP contribution in [0.3, 0.4) is 0 Å². The Kier molecular flexibility index (Phi) is 6.35. The first-order valence-corrected chi connectivity index (χ1v) is 6.54. The molecular weight excluding hydrogens is 246 g/mol. The number of rotatable bonds is 8. The average Bonchev–Trinajstić information content (AvgIpc) is 2.46. The van der Waals surface area contributed by atoms with Gasteiger partial charge in [-0.15, -0.1) is 0 Å². The molecule has 0 aliphatic rings. The Balaban J connectivity index is 3.12. The molecule has 0 unspecified atom stereocenters. The van der Waals surface area contributed by atoms with E-state index >= 15 is 0 Å². The molecule has 19 heavy (non-hydrogen) atoms. The molecule has 1 heterocycles. The number of aromatic nitrogens is 2. The minimum Gasteiger partial charge on any atom is -0.481 e. The number of aliphatic hydroxyl groups excluding tert-OH is 1. The number of ether oxygens (including phenoxy) is 2. The molecule has 6 heteroatoms. The van der Waals surface area contributed by atoms with Crippen molar-refractivity contribution in [3.63, 3.8) is 0 Å². The predicted molar refractivity (Wildman–Crippen MR) is 73.9 cm³/mol. The van der Waals surface area contributed by atoms with E-state index in [1.165, 1.54) is 0 Å². The standard InChI is InChI=1S/C13H23N3O3/c1-5-10(6-2)16(7-8-17)13-14-11(18-3)9-12(15-13)19-4/h9-10,17H,5-8H2,1-4H3.